The summed E-state index contributed by atoms with van der Waals surface area (Å²) in [6.45, 7) is 2.95. The third-order valence-electron chi connectivity index (χ3n) is 6.28. The maximum Gasteiger partial charge on any atom is 0.303 e. The number of aryl methyl sites for hydroxylation is 1. The monoisotopic (exact) mass is 478 g/mol. The van der Waals surface area contributed by atoms with Crippen LogP contribution in [-0.4, -0.2) is 37.9 Å². The summed E-state index contributed by atoms with van der Waals surface area (Å²) in [7, 11) is 1.65. The van der Waals surface area contributed by atoms with Gasteiger partial charge >= 0.3 is 5.97 Å². The highest BCUT2D eigenvalue weighted by molar-refractivity contribution is 5.67. The molecule has 3 aromatic carbocycles. The van der Waals surface area contributed by atoms with E-state index in [1.54, 1.807) is 19.2 Å². The van der Waals surface area contributed by atoms with Gasteiger partial charge in [-0.15, -0.1) is 0 Å². The van der Waals surface area contributed by atoms with Crippen LogP contribution < -0.4 is 19.7 Å². The molecule has 0 aliphatic carbocycles. The van der Waals surface area contributed by atoms with Crippen molar-refractivity contribution in [2.75, 3.05) is 37.0 Å². The van der Waals surface area contributed by atoms with Gasteiger partial charge in [-0.3, -0.25) is 4.79 Å². The Morgan fingerprint density at radius 3 is 2.63 bits per heavy atom. The van der Waals surface area contributed by atoms with E-state index in [4.69, 9.17) is 14.6 Å². The molecule has 1 aliphatic rings. The normalized spacial score (nSPS) is 12.7. The van der Waals surface area contributed by atoms with E-state index in [-0.39, 0.29) is 18.7 Å². The van der Waals surface area contributed by atoms with E-state index in [1.807, 2.05) is 24.3 Å². The van der Waals surface area contributed by atoms with Gasteiger partial charge in [0.15, 0.2) is 0 Å². The SMILES string of the molecule is COc1ccc(OCCN2CCCc3c(CNc4ccc(CCC(=O)O)c(F)c4)cccc32)cc1. The first-order chi connectivity index (χ1) is 17.0. The van der Waals surface area contributed by atoms with Gasteiger partial charge in [-0.2, -0.15) is 0 Å². The van der Waals surface area contributed by atoms with Crippen molar-refractivity contribution in [1.82, 2.24) is 0 Å². The minimum absolute atomic E-state index is 0.0819. The van der Waals surface area contributed by atoms with Crippen LogP contribution in [0.2, 0.25) is 0 Å². The molecule has 0 spiro atoms. The van der Waals surface area contributed by atoms with Crippen molar-refractivity contribution in [3.63, 3.8) is 0 Å². The number of halogens is 1. The van der Waals surface area contributed by atoms with E-state index in [0.717, 1.165) is 37.4 Å². The molecule has 0 saturated carbocycles. The lowest BCUT2D eigenvalue weighted by Gasteiger charge is -2.32. The quantitative estimate of drug-likeness (QED) is 0.390. The van der Waals surface area contributed by atoms with Crippen LogP contribution in [0.3, 0.4) is 0 Å². The molecule has 4 rings (SSSR count). The molecule has 0 unspecified atom stereocenters. The van der Waals surface area contributed by atoms with Gasteiger partial charge in [0.25, 0.3) is 0 Å². The fourth-order valence-corrected chi connectivity index (χ4v) is 4.42. The molecule has 0 radical (unpaired) electrons. The zero-order chi connectivity index (χ0) is 24.6. The van der Waals surface area contributed by atoms with Crippen molar-refractivity contribution < 1.29 is 23.8 Å². The number of rotatable bonds is 11. The van der Waals surface area contributed by atoms with Crippen molar-refractivity contribution in [3.8, 4) is 11.5 Å². The summed E-state index contributed by atoms with van der Waals surface area (Å²) in [6, 6.07) is 18.8. The lowest BCUT2D eigenvalue weighted by Crippen LogP contribution is -2.33. The first-order valence-corrected chi connectivity index (χ1v) is 11.9. The number of carboxylic acid groups (broad SMARTS) is 1. The predicted molar refractivity (Wildman–Crippen MR) is 135 cm³/mol. The number of aliphatic carboxylic acids is 1. The number of fused-ring (bicyclic) bond motifs is 1. The number of hydrogen-bond acceptors (Lipinski definition) is 5. The van der Waals surface area contributed by atoms with E-state index in [2.05, 4.69) is 28.4 Å². The number of carbonyl (C=O) groups is 1. The molecular formula is C28H31FN2O4. The predicted octanol–water partition coefficient (Wildman–Crippen LogP) is 5.30. The van der Waals surface area contributed by atoms with Gasteiger partial charge < -0.3 is 24.8 Å². The van der Waals surface area contributed by atoms with Gasteiger partial charge in [0, 0.05) is 30.9 Å². The van der Waals surface area contributed by atoms with E-state index < -0.39 is 5.97 Å². The summed E-state index contributed by atoms with van der Waals surface area (Å²) < 4.78 is 25.5. The van der Waals surface area contributed by atoms with Crippen molar-refractivity contribution in [2.24, 2.45) is 0 Å². The highest BCUT2D eigenvalue weighted by atomic mass is 19.1. The van der Waals surface area contributed by atoms with Gasteiger partial charge in [0.1, 0.15) is 23.9 Å². The second kappa shape index (κ2) is 11.6. The first-order valence-electron chi connectivity index (χ1n) is 11.9. The Hall–Kier alpha value is -3.74. The Kier molecular flexibility index (Phi) is 8.08. The van der Waals surface area contributed by atoms with Crippen molar-refractivity contribution in [3.05, 3.63) is 83.2 Å². The topological polar surface area (TPSA) is 71.0 Å². The molecule has 1 heterocycles. The molecule has 0 fully saturated rings. The lowest BCUT2D eigenvalue weighted by atomic mass is 9.96. The van der Waals surface area contributed by atoms with Crippen LogP contribution in [0.25, 0.3) is 0 Å². The molecule has 184 valence electrons. The zero-order valence-corrected chi connectivity index (χ0v) is 19.9. The summed E-state index contributed by atoms with van der Waals surface area (Å²) in [6.07, 6.45) is 2.18. The third-order valence-corrected chi connectivity index (χ3v) is 6.28. The summed E-state index contributed by atoms with van der Waals surface area (Å²) >= 11 is 0. The van der Waals surface area contributed by atoms with Crippen LogP contribution in [0, 0.1) is 5.82 Å². The number of carboxylic acids is 1. The average Bonchev–Trinajstić information content (AvgIpc) is 2.87. The van der Waals surface area contributed by atoms with Crippen LogP contribution in [0.5, 0.6) is 11.5 Å². The van der Waals surface area contributed by atoms with Gasteiger partial charge in [0.05, 0.1) is 13.7 Å². The third kappa shape index (κ3) is 6.44. The van der Waals surface area contributed by atoms with Crippen LogP contribution in [0.15, 0.2) is 60.7 Å². The maximum absolute atomic E-state index is 14.4. The van der Waals surface area contributed by atoms with E-state index in [0.29, 0.717) is 24.4 Å². The first kappa shape index (κ1) is 24.4. The van der Waals surface area contributed by atoms with Gasteiger partial charge in [-0.25, -0.2) is 4.39 Å². The standard InChI is InChI=1S/C28H31FN2O4/c1-34-23-10-12-24(13-11-23)35-17-16-31-15-3-5-25-21(4-2-6-27(25)31)19-30-22-9-7-20(26(29)18-22)8-14-28(32)33/h2,4,6-7,9-13,18,30H,3,5,8,14-17,19H2,1H3,(H,32,33). The van der Waals surface area contributed by atoms with Crippen LogP contribution in [0.1, 0.15) is 29.5 Å². The largest absolute Gasteiger partial charge is 0.497 e. The molecule has 35 heavy (non-hydrogen) atoms. The summed E-state index contributed by atoms with van der Waals surface area (Å²) in [5.41, 5.74) is 4.83. The smallest absolute Gasteiger partial charge is 0.303 e. The number of methoxy groups -OCH3 is 1. The molecule has 1 aliphatic heterocycles. The Morgan fingerprint density at radius 1 is 1.09 bits per heavy atom. The molecule has 0 bridgehead atoms. The van der Waals surface area contributed by atoms with E-state index >= 15 is 0 Å². The fourth-order valence-electron chi connectivity index (χ4n) is 4.42. The molecule has 0 atom stereocenters. The second-order valence-corrected chi connectivity index (χ2v) is 8.58. The summed E-state index contributed by atoms with van der Waals surface area (Å²) in [5, 5.41) is 12.1. The van der Waals surface area contributed by atoms with Crippen molar-refractivity contribution >= 4 is 17.3 Å². The minimum Gasteiger partial charge on any atom is -0.497 e. The van der Waals surface area contributed by atoms with Crippen LogP contribution >= 0.6 is 0 Å². The molecule has 0 aromatic heterocycles. The molecule has 7 heteroatoms. The Balaban J connectivity index is 1.36. The molecule has 0 saturated heterocycles. The van der Waals surface area contributed by atoms with Crippen LogP contribution in [-0.2, 0) is 24.2 Å². The molecular weight excluding hydrogens is 447 g/mol. The number of nitrogens with zero attached hydrogens (tertiary/aromatic N) is 1. The Labute approximate surface area is 205 Å². The zero-order valence-electron chi connectivity index (χ0n) is 19.9. The minimum atomic E-state index is -0.929. The number of ether oxygens (including phenoxy) is 2. The highest BCUT2D eigenvalue weighted by Gasteiger charge is 2.19. The van der Waals surface area contributed by atoms with E-state index in [9.17, 15) is 9.18 Å². The summed E-state index contributed by atoms with van der Waals surface area (Å²) in [4.78, 5) is 13.1. The molecule has 6 nitrogen and oxygen atoms in total. The lowest BCUT2D eigenvalue weighted by molar-refractivity contribution is -0.136. The fraction of sp³-hybridized carbons (Fsp3) is 0.321. The molecule has 3 aromatic rings. The summed E-state index contributed by atoms with van der Waals surface area (Å²) in [5.74, 6) is 0.318. The van der Waals surface area contributed by atoms with Crippen molar-refractivity contribution in [2.45, 2.75) is 32.2 Å². The number of anilines is 2. The Morgan fingerprint density at radius 2 is 1.89 bits per heavy atom. The van der Waals surface area contributed by atoms with Crippen molar-refractivity contribution in [1.29, 1.82) is 0 Å². The highest BCUT2D eigenvalue weighted by Crippen LogP contribution is 2.30. The number of nitrogens with one attached hydrogen (secondary N) is 1. The average molecular weight is 479 g/mol. The van der Waals surface area contributed by atoms with Gasteiger partial charge in [-0.05, 0) is 78.4 Å². The number of hydrogen-bond donors (Lipinski definition) is 2. The van der Waals surface area contributed by atoms with Gasteiger partial charge in [-0.1, -0.05) is 18.2 Å². The van der Waals surface area contributed by atoms with Gasteiger partial charge in [0.2, 0.25) is 0 Å². The number of benzene rings is 3. The van der Waals surface area contributed by atoms with E-state index in [1.165, 1.54) is 22.9 Å². The van der Waals surface area contributed by atoms with Crippen LogP contribution in [0.4, 0.5) is 15.8 Å². The Bertz CT molecular complexity index is 1150. The maximum atomic E-state index is 14.4. The second-order valence-electron chi connectivity index (χ2n) is 8.58. The molecule has 2 N–H and O–H groups in total. The molecule has 0 amide bonds.